The molecule has 1 aromatic heterocycles. The third kappa shape index (κ3) is 3.22. The van der Waals surface area contributed by atoms with E-state index in [1.165, 1.54) is 0 Å². The molecule has 0 spiro atoms. The number of aromatic nitrogens is 1. The predicted molar refractivity (Wildman–Crippen MR) is 75.4 cm³/mol. The minimum Gasteiger partial charge on any atom is -0.486 e. The molecule has 0 unspecified atom stereocenters. The van der Waals surface area contributed by atoms with E-state index in [1.54, 1.807) is 11.3 Å². The van der Waals surface area contributed by atoms with Crippen LogP contribution in [-0.2, 0) is 13.0 Å². The smallest absolute Gasteiger partial charge is 0.140 e. The maximum atomic E-state index is 6.15. The van der Waals surface area contributed by atoms with Crippen molar-refractivity contribution in [2.75, 3.05) is 6.54 Å². The summed E-state index contributed by atoms with van der Waals surface area (Å²) in [6, 6.07) is 5.65. The highest BCUT2D eigenvalue weighted by Crippen LogP contribution is 2.27. The van der Waals surface area contributed by atoms with Crippen LogP contribution in [0.15, 0.2) is 23.6 Å². The van der Waals surface area contributed by atoms with Gasteiger partial charge in [-0.1, -0.05) is 17.7 Å². The highest BCUT2D eigenvalue weighted by atomic mass is 35.5. The van der Waals surface area contributed by atoms with Crippen molar-refractivity contribution in [1.82, 2.24) is 4.98 Å². The number of thiazole rings is 1. The van der Waals surface area contributed by atoms with Gasteiger partial charge in [0.25, 0.3) is 0 Å². The van der Waals surface area contributed by atoms with Crippen LogP contribution in [0.3, 0.4) is 0 Å². The number of benzene rings is 1. The van der Waals surface area contributed by atoms with Gasteiger partial charge >= 0.3 is 0 Å². The van der Waals surface area contributed by atoms with Crippen LogP contribution < -0.4 is 10.5 Å². The third-order valence-corrected chi connectivity index (χ3v) is 3.78. The SMILES string of the molecule is Cc1csc(COc2cccc(Cl)c2CCN)n1. The molecule has 5 heteroatoms. The standard InChI is InChI=1S/C13H15ClN2OS/c1-9-8-18-13(16-9)7-17-12-4-2-3-11(14)10(12)5-6-15/h2-4,8H,5-7,15H2,1H3. The van der Waals surface area contributed by atoms with Crippen LogP contribution in [0.5, 0.6) is 5.75 Å². The van der Waals surface area contributed by atoms with E-state index >= 15 is 0 Å². The van der Waals surface area contributed by atoms with Gasteiger partial charge in [-0.3, -0.25) is 0 Å². The zero-order valence-electron chi connectivity index (χ0n) is 10.1. The molecule has 1 heterocycles. The van der Waals surface area contributed by atoms with Crippen molar-refractivity contribution in [2.24, 2.45) is 5.73 Å². The Morgan fingerprint density at radius 3 is 2.94 bits per heavy atom. The van der Waals surface area contributed by atoms with Crippen molar-refractivity contribution in [3.63, 3.8) is 0 Å². The summed E-state index contributed by atoms with van der Waals surface area (Å²) in [4.78, 5) is 4.36. The second kappa shape index (κ2) is 6.18. The van der Waals surface area contributed by atoms with Gasteiger partial charge in [-0.05, 0) is 32.0 Å². The van der Waals surface area contributed by atoms with E-state index in [1.807, 2.05) is 30.5 Å². The number of hydrogen-bond acceptors (Lipinski definition) is 4. The largest absolute Gasteiger partial charge is 0.486 e. The second-order valence-corrected chi connectivity index (χ2v) is 5.28. The summed E-state index contributed by atoms with van der Waals surface area (Å²) < 4.78 is 5.78. The van der Waals surface area contributed by atoms with E-state index in [-0.39, 0.29) is 0 Å². The van der Waals surface area contributed by atoms with E-state index in [0.29, 0.717) is 24.6 Å². The number of aryl methyl sites for hydroxylation is 1. The van der Waals surface area contributed by atoms with Gasteiger partial charge in [-0.2, -0.15) is 0 Å². The van der Waals surface area contributed by atoms with Crippen molar-refractivity contribution in [1.29, 1.82) is 0 Å². The average molecular weight is 283 g/mol. The predicted octanol–water partition coefficient (Wildman–Crippen LogP) is 3.19. The van der Waals surface area contributed by atoms with Crippen molar-refractivity contribution in [3.8, 4) is 5.75 Å². The summed E-state index contributed by atoms with van der Waals surface area (Å²) in [5.41, 5.74) is 7.57. The molecule has 0 radical (unpaired) electrons. The average Bonchev–Trinajstić information content (AvgIpc) is 2.76. The second-order valence-electron chi connectivity index (χ2n) is 3.93. The highest BCUT2D eigenvalue weighted by Gasteiger charge is 2.08. The van der Waals surface area contributed by atoms with Crippen LogP contribution in [0.2, 0.25) is 5.02 Å². The minimum absolute atomic E-state index is 0.469. The van der Waals surface area contributed by atoms with Crippen molar-refractivity contribution in [3.05, 3.63) is 44.9 Å². The molecule has 0 amide bonds. The highest BCUT2D eigenvalue weighted by molar-refractivity contribution is 7.09. The molecule has 0 aliphatic heterocycles. The lowest BCUT2D eigenvalue weighted by molar-refractivity contribution is 0.302. The fourth-order valence-electron chi connectivity index (χ4n) is 1.67. The van der Waals surface area contributed by atoms with Gasteiger partial charge in [0.15, 0.2) is 0 Å². The summed E-state index contributed by atoms with van der Waals surface area (Å²) >= 11 is 7.74. The molecule has 3 nitrogen and oxygen atoms in total. The molecule has 0 saturated carbocycles. The maximum Gasteiger partial charge on any atom is 0.140 e. The Morgan fingerprint density at radius 2 is 2.28 bits per heavy atom. The first-order valence-electron chi connectivity index (χ1n) is 5.72. The molecule has 18 heavy (non-hydrogen) atoms. The molecular weight excluding hydrogens is 268 g/mol. The summed E-state index contributed by atoms with van der Waals surface area (Å²) in [6.45, 7) is 2.99. The molecule has 2 aromatic rings. The Kier molecular flexibility index (Phi) is 4.58. The number of ether oxygens (including phenoxy) is 1. The van der Waals surface area contributed by atoms with Gasteiger partial charge in [0, 0.05) is 21.7 Å². The lowest BCUT2D eigenvalue weighted by atomic mass is 10.1. The monoisotopic (exact) mass is 282 g/mol. The Bertz CT molecular complexity index is 527. The molecule has 0 aliphatic rings. The number of rotatable bonds is 5. The topological polar surface area (TPSA) is 48.1 Å². The molecular formula is C13H15ClN2OS. The first-order valence-corrected chi connectivity index (χ1v) is 6.97. The zero-order valence-corrected chi connectivity index (χ0v) is 11.7. The van der Waals surface area contributed by atoms with E-state index in [2.05, 4.69) is 4.98 Å². The summed E-state index contributed by atoms with van der Waals surface area (Å²) in [7, 11) is 0. The van der Waals surface area contributed by atoms with Gasteiger partial charge in [0.05, 0.1) is 0 Å². The Hall–Kier alpha value is -1.10. The van der Waals surface area contributed by atoms with E-state index in [9.17, 15) is 0 Å². The quantitative estimate of drug-likeness (QED) is 0.916. The molecule has 0 bridgehead atoms. The summed E-state index contributed by atoms with van der Waals surface area (Å²) in [5, 5.41) is 3.68. The molecule has 2 N–H and O–H groups in total. The van der Waals surface area contributed by atoms with Gasteiger partial charge in [0.2, 0.25) is 0 Å². The van der Waals surface area contributed by atoms with Crippen LogP contribution in [-0.4, -0.2) is 11.5 Å². The third-order valence-electron chi connectivity index (χ3n) is 2.49. The molecule has 0 aliphatic carbocycles. The van der Waals surface area contributed by atoms with Crippen LogP contribution >= 0.6 is 22.9 Å². The first-order chi connectivity index (χ1) is 8.70. The van der Waals surface area contributed by atoms with E-state index < -0.39 is 0 Å². The molecule has 0 saturated heterocycles. The zero-order chi connectivity index (χ0) is 13.0. The summed E-state index contributed by atoms with van der Waals surface area (Å²) in [5.74, 6) is 0.792. The maximum absolute atomic E-state index is 6.15. The van der Waals surface area contributed by atoms with Crippen molar-refractivity contribution < 1.29 is 4.74 Å². The van der Waals surface area contributed by atoms with Gasteiger partial charge in [-0.15, -0.1) is 11.3 Å². The molecule has 96 valence electrons. The molecule has 0 fully saturated rings. The Labute approximate surface area is 116 Å². The normalized spacial score (nSPS) is 10.6. The molecule has 1 aromatic carbocycles. The van der Waals surface area contributed by atoms with E-state index in [0.717, 1.165) is 22.0 Å². The van der Waals surface area contributed by atoms with Crippen LogP contribution in [0.1, 0.15) is 16.3 Å². The lowest BCUT2D eigenvalue weighted by Crippen LogP contribution is -2.06. The number of halogens is 1. The number of nitrogens with two attached hydrogens (primary N) is 1. The Morgan fingerprint density at radius 1 is 1.44 bits per heavy atom. The van der Waals surface area contributed by atoms with E-state index in [4.69, 9.17) is 22.1 Å². The van der Waals surface area contributed by atoms with Gasteiger partial charge < -0.3 is 10.5 Å². The van der Waals surface area contributed by atoms with Crippen LogP contribution in [0, 0.1) is 6.92 Å². The van der Waals surface area contributed by atoms with Crippen LogP contribution in [0.4, 0.5) is 0 Å². The summed E-state index contributed by atoms with van der Waals surface area (Å²) in [6.07, 6.45) is 0.714. The first kappa shape index (κ1) is 13.3. The lowest BCUT2D eigenvalue weighted by Gasteiger charge is -2.11. The molecule has 0 atom stereocenters. The fraction of sp³-hybridized carbons (Fsp3) is 0.308. The number of nitrogens with zero attached hydrogens (tertiary/aromatic N) is 1. The van der Waals surface area contributed by atoms with Crippen molar-refractivity contribution in [2.45, 2.75) is 20.0 Å². The molecule has 2 rings (SSSR count). The van der Waals surface area contributed by atoms with Crippen molar-refractivity contribution >= 4 is 22.9 Å². The van der Waals surface area contributed by atoms with Gasteiger partial charge in [0.1, 0.15) is 17.4 Å². The minimum atomic E-state index is 0.469. The van der Waals surface area contributed by atoms with Gasteiger partial charge in [-0.25, -0.2) is 4.98 Å². The Balaban J connectivity index is 2.11. The number of hydrogen-bond donors (Lipinski definition) is 1. The van der Waals surface area contributed by atoms with Crippen LogP contribution in [0.25, 0.3) is 0 Å². The fourth-order valence-corrected chi connectivity index (χ4v) is 2.61.